The summed E-state index contributed by atoms with van der Waals surface area (Å²) in [5.41, 5.74) is 0.996. The Labute approximate surface area is 88.8 Å². The Morgan fingerprint density at radius 2 is 2.33 bits per heavy atom. The molecule has 1 unspecified atom stereocenters. The zero-order chi connectivity index (χ0) is 11.5. The van der Waals surface area contributed by atoms with Crippen LogP contribution in [0.15, 0.2) is 24.5 Å². The number of rotatable bonds is 5. The number of aliphatic hydroxyl groups excluding tert-OH is 2. The normalized spacial score (nSPS) is 10.9. The van der Waals surface area contributed by atoms with Gasteiger partial charge in [-0.25, -0.2) is 0 Å². The molecule has 0 radical (unpaired) electrons. The van der Waals surface area contributed by atoms with Gasteiger partial charge < -0.3 is 15.5 Å². The molecule has 0 spiro atoms. The first-order chi connectivity index (χ1) is 7.36. The summed E-state index contributed by atoms with van der Waals surface area (Å²) >= 11 is 0. The summed E-state index contributed by atoms with van der Waals surface area (Å²) in [5, 5.41) is 18.4. The number of nitrogens with zero attached hydrogens (tertiary/aromatic N) is 1. The number of hydrogen-bond acceptors (Lipinski definition) is 4. The molecule has 0 bridgehead atoms. The monoisotopic (exact) mass is 212 g/mol. The molecule has 1 aromatic rings. The van der Waals surface area contributed by atoms with Gasteiger partial charge in [-0.15, -0.1) is 0 Å². The maximum absolute atomic E-state index is 10.1. The van der Waals surface area contributed by atoms with Crippen LogP contribution in [0.25, 0.3) is 0 Å². The summed E-state index contributed by atoms with van der Waals surface area (Å²) in [4.78, 5) is 14.1. The quantitative estimate of drug-likeness (QED) is 0.566. The minimum atomic E-state index is -0.221. The topological polar surface area (TPSA) is 82.5 Å². The first-order valence-corrected chi connectivity index (χ1v) is 4.51. The molecule has 15 heavy (non-hydrogen) atoms. The zero-order valence-electron chi connectivity index (χ0n) is 8.63. The molecule has 1 rings (SSSR count). The third kappa shape index (κ3) is 5.77. The molecule has 0 aliphatic carbocycles. The van der Waals surface area contributed by atoms with Crippen molar-refractivity contribution in [1.82, 2.24) is 10.3 Å². The summed E-state index contributed by atoms with van der Waals surface area (Å²) < 4.78 is 0. The van der Waals surface area contributed by atoms with Gasteiger partial charge in [0.1, 0.15) is 0 Å². The number of carbonyl (C=O) groups is 1. The molecule has 0 fully saturated rings. The fraction of sp³-hybridized carbons (Fsp3) is 0.400. The van der Waals surface area contributed by atoms with Gasteiger partial charge in [0.25, 0.3) is 0 Å². The highest BCUT2D eigenvalue weighted by molar-refractivity contribution is 5.46. The van der Waals surface area contributed by atoms with Gasteiger partial charge in [0.15, 0.2) is 0 Å². The van der Waals surface area contributed by atoms with E-state index in [0.29, 0.717) is 12.8 Å². The molecule has 0 saturated heterocycles. The lowest BCUT2D eigenvalue weighted by Crippen LogP contribution is -2.33. The SMILES string of the molecule is CO.O=CNC(CO)Cc1cccnc1. The summed E-state index contributed by atoms with van der Waals surface area (Å²) in [6, 6.07) is 3.51. The number of hydrogen-bond donors (Lipinski definition) is 3. The molecule has 0 aromatic carbocycles. The largest absolute Gasteiger partial charge is 0.400 e. The van der Waals surface area contributed by atoms with E-state index >= 15 is 0 Å². The van der Waals surface area contributed by atoms with Gasteiger partial charge in [-0.05, 0) is 18.1 Å². The lowest BCUT2D eigenvalue weighted by molar-refractivity contribution is -0.110. The van der Waals surface area contributed by atoms with Gasteiger partial charge >= 0.3 is 0 Å². The first-order valence-electron chi connectivity index (χ1n) is 4.51. The Kier molecular flexibility index (Phi) is 8.22. The standard InChI is InChI=1S/C9H12N2O2.CH4O/c12-6-9(11-7-13)4-8-2-1-3-10-5-8;1-2/h1-3,5,7,9,12H,4,6H2,(H,11,13);2H,1H3. The summed E-state index contributed by atoms with van der Waals surface area (Å²) in [5.74, 6) is 0. The Morgan fingerprint density at radius 1 is 1.60 bits per heavy atom. The average molecular weight is 212 g/mol. The maximum atomic E-state index is 10.1. The van der Waals surface area contributed by atoms with Crippen molar-refractivity contribution in [2.75, 3.05) is 13.7 Å². The van der Waals surface area contributed by atoms with Gasteiger partial charge in [-0.3, -0.25) is 9.78 Å². The molecule has 5 heteroatoms. The summed E-state index contributed by atoms with van der Waals surface area (Å²) in [6.45, 7) is -0.0619. The van der Waals surface area contributed by atoms with Crippen LogP contribution in [0.5, 0.6) is 0 Å². The van der Waals surface area contributed by atoms with Crippen molar-refractivity contribution in [2.24, 2.45) is 0 Å². The van der Waals surface area contributed by atoms with Crippen LogP contribution in [0.4, 0.5) is 0 Å². The lowest BCUT2D eigenvalue weighted by Gasteiger charge is -2.11. The Morgan fingerprint density at radius 3 is 2.80 bits per heavy atom. The Bertz CT molecular complexity index is 254. The van der Waals surface area contributed by atoms with Gasteiger partial charge in [-0.1, -0.05) is 6.07 Å². The summed E-state index contributed by atoms with van der Waals surface area (Å²) in [7, 11) is 1.00. The fourth-order valence-corrected chi connectivity index (χ4v) is 1.08. The molecule has 3 N–H and O–H groups in total. The molecule has 0 aliphatic rings. The molecular formula is C10H16N2O3. The van der Waals surface area contributed by atoms with Crippen molar-refractivity contribution in [3.05, 3.63) is 30.1 Å². The minimum absolute atomic E-state index is 0.0619. The van der Waals surface area contributed by atoms with Gasteiger partial charge in [0.05, 0.1) is 12.6 Å². The van der Waals surface area contributed by atoms with Gasteiger partial charge in [0, 0.05) is 19.5 Å². The Balaban J connectivity index is 0.000000921. The number of carbonyl (C=O) groups excluding carboxylic acids is 1. The number of nitrogens with one attached hydrogen (secondary N) is 1. The molecule has 1 aromatic heterocycles. The second kappa shape index (κ2) is 9.11. The fourth-order valence-electron chi connectivity index (χ4n) is 1.08. The van der Waals surface area contributed by atoms with E-state index in [2.05, 4.69) is 10.3 Å². The van der Waals surface area contributed by atoms with Crippen molar-refractivity contribution in [3.63, 3.8) is 0 Å². The van der Waals surface area contributed by atoms with Crippen LogP contribution in [0.2, 0.25) is 0 Å². The zero-order valence-corrected chi connectivity index (χ0v) is 8.63. The average Bonchev–Trinajstić information content (AvgIpc) is 2.32. The smallest absolute Gasteiger partial charge is 0.207 e. The van der Waals surface area contributed by atoms with Crippen LogP contribution >= 0.6 is 0 Å². The van der Waals surface area contributed by atoms with Crippen molar-refractivity contribution >= 4 is 6.41 Å². The lowest BCUT2D eigenvalue weighted by atomic mass is 10.1. The highest BCUT2D eigenvalue weighted by atomic mass is 16.3. The highest BCUT2D eigenvalue weighted by Gasteiger charge is 2.05. The number of aromatic nitrogens is 1. The van der Waals surface area contributed by atoms with Crippen LogP contribution in [-0.4, -0.2) is 41.4 Å². The molecule has 1 atom stereocenters. The van der Waals surface area contributed by atoms with E-state index in [0.717, 1.165) is 12.7 Å². The molecular weight excluding hydrogens is 196 g/mol. The molecule has 1 heterocycles. The number of pyridine rings is 1. The summed E-state index contributed by atoms with van der Waals surface area (Å²) in [6.07, 6.45) is 4.60. The number of amides is 1. The first kappa shape index (κ1) is 13.5. The van der Waals surface area contributed by atoms with Crippen molar-refractivity contribution < 1.29 is 15.0 Å². The maximum Gasteiger partial charge on any atom is 0.207 e. The van der Waals surface area contributed by atoms with E-state index in [1.165, 1.54) is 0 Å². The van der Waals surface area contributed by atoms with Crippen LogP contribution < -0.4 is 5.32 Å². The van der Waals surface area contributed by atoms with E-state index in [1.54, 1.807) is 12.4 Å². The molecule has 1 amide bonds. The Hall–Kier alpha value is -1.46. The number of aliphatic hydroxyl groups is 2. The van der Waals surface area contributed by atoms with E-state index in [1.807, 2.05) is 12.1 Å². The van der Waals surface area contributed by atoms with Gasteiger partial charge in [-0.2, -0.15) is 0 Å². The third-order valence-electron chi connectivity index (χ3n) is 1.73. The minimum Gasteiger partial charge on any atom is -0.400 e. The van der Waals surface area contributed by atoms with Crippen molar-refractivity contribution in [2.45, 2.75) is 12.5 Å². The van der Waals surface area contributed by atoms with Gasteiger partial charge in [0.2, 0.25) is 6.41 Å². The third-order valence-corrected chi connectivity index (χ3v) is 1.73. The van der Waals surface area contributed by atoms with Crippen LogP contribution in [0, 0.1) is 0 Å². The van der Waals surface area contributed by atoms with E-state index in [4.69, 9.17) is 10.2 Å². The van der Waals surface area contributed by atoms with Crippen LogP contribution in [-0.2, 0) is 11.2 Å². The van der Waals surface area contributed by atoms with Crippen molar-refractivity contribution in [3.8, 4) is 0 Å². The van der Waals surface area contributed by atoms with Crippen LogP contribution in [0.1, 0.15) is 5.56 Å². The van der Waals surface area contributed by atoms with E-state index in [-0.39, 0.29) is 12.6 Å². The predicted octanol–water partition coefficient (Wildman–Crippen LogP) is -0.661. The van der Waals surface area contributed by atoms with E-state index < -0.39 is 0 Å². The molecule has 0 aliphatic heterocycles. The molecule has 84 valence electrons. The van der Waals surface area contributed by atoms with E-state index in [9.17, 15) is 4.79 Å². The second-order valence-electron chi connectivity index (χ2n) is 2.73. The molecule has 5 nitrogen and oxygen atoms in total. The molecule has 0 saturated carbocycles. The van der Waals surface area contributed by atoms with Crippen LogP contribution in [0.3, 0.4) is 0 Å². The van der Waals surface area contributed by atoms with Crippen molar-refractivity contribution in [1.29, 1.82) is 0 Å². The predicted molar refractivity (Wildman–Crippen MR) is 56.2 cm³/mol. The second-order valence-corrected chi connectivity index (χ2v) is 2.73. The highest BCUT2D eigenvalue weighted by Crippen LogP contribution is 2.00.